The number of allylic oxidation sites excluding steroid dienone is 2. The second-order valence-electron chi connectivity index (χ2n) is 1.47. The van der Waals surface area contributed by atoms with E-state index in [1.165, 1.54) is 0 Å². The summed E-state index contributed by atoms with van der Waals surface area (Å²) in [6, 6.07) is 0. The van der Waals surface area contributed by atoms with Crippen molar-refractivity contribution in [3.63, 3.8) is 0 Å². The highest BCUT2D eigenvalue weighted by molar-refractivity contribution is 6.69. The van der Waals surface area contributed by atoms with E-state index in [1.54, 1.807) is 13.0 Å². The fraction of sp³-hybridized carbons (Fsp3) is 0.600. The van der Waals surface area contributed by atoms with Crippen LogP contribution in [0.25, 0.3) is 0 Å². The van der Waals surface area contributed by atoms with Crippen LogP contribution in [0.15, 0.2) is 11.6 Å². The van der Waals surface area contributed by atoms with E-state index in [1.807, 2.05) is 6.92 Å². The van der Waals surface area contributed by atoms with Crippen molar-refractivity contribution in [2.75, 3.05) is 0 Å². The Kier molecular flexibility index (Phi) is 3.18. The first-order chi connectivity index (χ1) is 3.48. The van der Waals surface area contributed by atoms with Crippen LogP contribution in [0.1, 0.15) is 13.8 Å². The zero-order valence-electron chi connectivity index (χ0n) is 4.71. The summed E-state index contributed by atoms with van der Waals surface area (Å²) in [5, 5.41) is 0. The summed E-state index contributed by atoms with van der Waals surface area (Å²) in [4.78, 5) is 0. The number of alkyl halides is 3. The molecule has 0 rings (SSSR count). The van der Waals surface area contributed by atoms with Gasteiger partial charge < -0.3 is 0 Å². The number of hydrogen-bond donors (Lipinski definition) is 0. The van der Waals surface area contributed by atoms with E-state index in [0.29, 0.717) is 0 Å². The monoisotopic (exact) mass is 172 g/mol. The van der Waals surface area contributed by atoms with Crippen LogP contribution in [-0.4, -0.2) is 3.79 Å². The van der Waals surface area contributed by atoms with Crippen molar-refractivity contribution >= 4 is 34.8 Å². The lowest BCUT2D eigenvalue weighted by Crippen LogP contribution is -2.02. The molecule has 0 amide bonds. The molecule has 0 saturated heterocycles. The zero-order chi connectivity index (χ0) is 6.78. The average Bonchev–Trinajstić information content (AvgIpc) is 1.62. The summed E-state index contributed by atoms with van der Waals surface area (Å²) in [5.74, 6) is 0. The molecule has 0 bridgehead atoms. The predicted molar refractivity (Wildman–Crippen MR) is 39.7 cm³/mol. The van der Waals surface area contributed by atoms with Crippen molar-refractivity contribution in [1.82, 2.24) is 0 Å². The van der Waals surface area contributed by atoms with E-state index in [-0.39, 0.29) is 0 Å². The van der Waals surface area contributed by atoms with E-state index in [4.69, 9.17) is 34.8 Å². The van der Waals surface area contributed by atoms with E-state index >= 15 is 0 Å². The molecule has 0 nitrogen and oxygen atoms in total. The molecule has 3 heteroatoms. The topological polar surface area (TPSA) is 0 Å². The van der Waals surface area contributed by atoms with E-state index in [2.05, 4.69) is 0 Å². The average molecular weight is 173 g/mol. The molecular weight excluding hydrogens is 166 g/mol. The highest BCUT2D eigenvalue weighted by atomic mass is 35.6. The lowest BCUT2D eigenvalue weighted by molar-refractivity contribution is 1.23. The van der Waals surface area contributed by atoms with Gasteiger partial charge in [0, 0.05) is 0 Å². The first-order valence-corrected chi connectivity index (χ1v) is 3.32. The maximum atomic E-state index is 5.45. The largest absolute Gasteiger partial charge is 0.211 e. The first kappa shape index (κ1) is 8.61. The molecule has 0 radical (unpaired) electrons. The van der Waals surface area contributed by atoms with Crippen molar-refractivity contribution in [1.29, 1.82) is 0 Å². The van der Waals surface area contributed by atoms with Crippen molar-refractivity contribution in [2.24, 2.45) is 0 Å². The van der Waals surface area contributed by atoms with Crippen molar-refractivity contribution in [3.05, 3.63) is 11.6 Å². The molecule has 0 aromatic rings. The van der Waals surface area contributed by atoms with Crippen LogP contribution in [0.2, 0.25) is 0 Å². The smallest absolute Gasteiger partial charge is 0.0845 e. The first-order valence-electron chi connectivity index (χ1n) is 2.18. The SMILES string of the molecule is CC=C(C)C(Cl)(Cl)Cl. The quantitative estimate of drug-likeness (QED) is 0.389. The standard InChI is InChI=1S/C5H7Cl3/c1-3-4(2)5(6,7)8/h3H,1-2H3. The minimum absolute atomic E-state index is 0.752. The summed E-state index contributed by atoms with van der Waals surface area (Å²) < 4.78 is -1.21. The maximum absolute atomic E-state index is 5.45. The van der Waals surface area contributed by atoms with Gasteiger partial charge in [0.05, 0.1) is 0 Å². The van der Waals surface area contributed by atoms with E-state index in [9.17, 15) is 0 Å². The highest BCUT2D eigenvalue weighted by Gasteiger charge is 2.20. The Bertz CT molecular complexity index is 98.7. The van der Waals surface area contributed by atoms with Crippen LogP contribution in [0.5, 0.6) is 0 Å². The van der Waals surface area contributed by atoms with Crippen LogP contribution in [0.4, 0.5) is 0 Å². The molecule has 0 aliphatic rings. The van der Waals surface area contributed by atoms with Crippen molar-refractivity contribution in [3.8, 4) is 0 Å². The van der Waals surface area contributed by atoms with Gasteiger partial charge in [-0.1, -0.05) is 40.9 Å². The fourth-order valence-electron chi connectivity index (χ4n) is 0.164. The fourth-order valence-corrected chi connectivity index (χ4v) is 0.491. The molecule has 0 aromatic carbocycles. The summed E-state index contributed by atoms with van der Waals surface area (Å²) in [5.41, 5.74) is 0.752. The Morgan fingerprint density at radius 2 is 1.75 bits per heavy atom. The number of rotatable bonds is 0. The third-order valence-electron chi connectivity index (χ3n) is 0.880. The van der Waals surface area contributed by atoms with Crippen LogP contribution in [-0.2, 0) is 0 Å². The molecule has 0 heterocycles. The predicted octanol–water partition coefficient (Wildman–Crippen LogP) is 3.32. The lowest BCUT2D eigenvalue weighted by atomic mass is 10.3. The van der Waals surface area contributed by atoms with Gasteiger partial charge >= 0.3 is 0 Å². The normalized spacial score (nSPS) is 14.4. The molecule has 0 fully saturated rings. The minimum Gasteiger partial charge on any atom is -0.0845 e. The number of hydrogen-bond acceptors (Lipinski definition) is 0. The number of halogens is 3. The van der Waals surface area contributed by atoms with Gasteiger partial charge in [-0.2, -0.15) is 0 Å². The Morgan fingerprint density at radius 3 is 1.75 bits per heavy atom. The molecule has 0 aromatic heterocycles. The third-order valence-corrected chi connectivity index (χ3v) is 1.77. The van der Waals surface area contributed by atoms with E-state index < -0.39 is 3.79 Å². The minimum atomic E-state index is -1.21. The summed E-state index contributed by atoms with van der Waals surface area (Å²) in [7, 11) is 0. The van der Waals surface area contributed by atoms with Crippen LogP contribution >= 0.6 is 34.8 Å². The van der Waals surface area contributed by atoms with Gasteiger partial charge in [0.25, 0.3) is 0 Å². The molecule has 0 saturated carbocycles. The van der Waals surface area contributed by atoms with Crippen molar-refractivity contribution in [2.45, 2.75) is 17.6 Å². The van der Waals surface area contributed by atoms with Crippen LogP contribution < -0.4 is 0 Å². The second-order valence-corrected chi connectivity index (χ2v) is 3.75. The highest BCUT2D eigenvalue weighted by Crippen LogP contribution is 2.33. The Hall–Kier alpha value is 0.610. The molecular formula is C5H7Cl3. The zero-order valence-corrected chi connectivity index (χ0v) is 6.98. The maximum Gasteiger partial charge on any atom is 0.211 e. The van der Waals surface area contributed by atoms with Crippen LogP contribution in [0, 0.1) is 0 Å². The summed E-state index contributed by atoms with van der Waals surface area (Å²) in [6.07, 6.45) is 1.77. The Balaban J connectivity index is 4.03. The second kappa shape index (κ2) is 2.95. The van der Waals surface area contributed by atoms with Gasteiger partial charge in [-0.3, -0.25) is 0 Å². The Morgan fingerprint density at radius 1 is 1.38 bits per heavy atom. The summed E-state index contributed by atoms with van der Waals surface area (Å²) in [6.45, 7) is 3.60. The van der Waals surface area contributed by atoms with Gasteiger partial charge in [-0.25, -0.2) is 0 Å². The molecule has 0 aliphatic carbocycles. The van der Waals surface area contributed by atoms with Crippen LogP contribution in [0.3, 0.4) is 0 Å². The molecule has 0 spiro atoms. The van der Waals surface area contributed by atoms with Crippen molar-refractivity contribution < 1.29 is 0 Å². The van der Waals surface area contributed by atoms with Gasteiger partial charge in [0.1, 0.15) is 0 Å². The lowest BCUT2D eigenvalue weighted by Gasteiger charge is -2.09. The van der Waals surface area contributed by atoms with Gasteiger partial charge in [-0.05, 0) is 19.4 Å². The van der Waals surface area contributed by atoms with E-state index in [0.717, 1.165) is 5.57 Å². The molecule has 8 heavy (non-hydrogen) atoms. The molecule has 0 aliphatic heterocycles. The summed E-state index contributed by atoms with van der Waals surface area (Å²) >= 11 is 16.3. The molecule has 48 valence electrons. The van der Waals surface area contributed by atoms with Gasteiger partial charge in [0.15, 0.2) is 0 Å². The molecule has 0 atom stereocenters. The molecule has 0 unspecified atom stereocenters. The van der Waals surface area contributed by atoms with Gasteiger partial charge in [0.2, 0.25) is 3.79 Å². The third kappa shape index (κ3) is 2.81. The Labute approximate surface area is 64.4 Å². The van der Waals surface area contributed by atoms with Gasteiger partial charge in [-0.15, -0.1) is 0 Å². The molecule has 0 N–H and O–H groups in total.